The molecule has 0 aromatic carbocycles. The van der Waals surface area contributed by atoms with Crippen molar-refractivity contribution in [3.8, 4) is 0 Å². The predicted octanol–water partition coefficient (Wildman–Crippen LogP) is 0.181. The van der Waals surface area contributed by atoms with E-state index in [1.807, 2.05) is 12.1 Å². The number of nitrogens with two attached hydrogens (primary N) is 1. The summed E-state index contributed by atoms with van der Waals surface area (Å²) in [5, 5.41) is 8.87. The average molecular weight is 210 g/mol. The second-order valence-electron chi connectivity index (χ2n) is 3.25. The number of likely N-dealkylation sites (N-methyl/N-ethyl adjacent to an activating group) is 1. The molecule has 0 aliphatic heterocycles. The zero-order valence-electron chi connectivity index (χ0n) is 8.98. The van der Waals surface area contributed by atoms with Crippen molar-refractivity contribution in [1.82, 2.24) is 9.88 Å². The van der Waals surface area contributed by atoms with Crippen molar-refractivity contribution in [2.45, 2.75) is 13.5 Å². The van der Waals surface area contributed by atoms with E-state index in [2.05, 4.69) is 22.2 Å². The maximum absolute atomic E-state index is 8.87. The number of hydrazine groups is 1. The smallest absolute Gasteiger partial charge is 0.144 e. The van der Waals surface area contributed by atoms with Crippen LogP contribution in [0, 0.1) is 0 Å². The van der Waals surface area contributed by atoms with Crippen molar-refractivity contribution in [3.05, 3.63) is 23.9 Å². The molecule has 0 saturated carbocycles. The Morgan fingerprint density at radius 1 is 1.60 bits per heavy atom. The van der Waals surface area contributed by atoms with Gasteiger partial charge in [0.2, 0.25) is 0 Å². The highest BCUT2D eigenvalue weighted by molar-refractivity contribution is 5.42. The maximum atomic E-state index is 8.87. The predicted molar refractivity (Wildman–Crippen MR) is 60.1 cm³/mol. The fourth-order valence-electron chi connectivity index (χ4n) is 1.43. The fourth-order valence-corrected chi connectivity index (χ4v) is 1.43. The Kier molecular flexibility index (Phi) is 5.03. The Morgan fingerprint density at radius 3 is 3.00 bits per heavy atom. The summed E-state index contributed by atoms with van der Waals surface area (Å²) in [4.78, 5) is 6.24. The highest BCUT2D eigenvalue weighted by Crippen LogP contribution is 2.12. The van der Waals surface area contributed by atoms with Gasteiger partial charge in [-0.05, 0) is 12.6 Å². The van der Waals surface area contributed by atoms with Crippen LogP contribution in [0.4, 0.5) is 5.82 Å². The number of nitrogens with zero attached hydrogens (tertiary/aromatic N) is 2. The Balaban J connectivity index is 2.69. The summed E-state index contributed by atoms with van der Waals surface area (Å²) in [5.41, 5.74) is 3.60. The van der Waals surface area contributed by atoms with Gasteiger partial charge in [-0.2, -0.15) is 0 Å². The van der Waals surface area contributed by atoms with Gasteiger partial charge in [0.05, 0.1) is 6.61 Å². The summed E-state index contributed by atoms with van der Waals surface area (Å²) < 4.78 is 0. The van der Waals surface area contributed by atoms with Gasteiger partial charge in [-0.25, -0.2) is 10.8 Å². The number of aliphatic hydroxyl groups is 1. The van der Waals surface area contributed by atoms with Gasteiger partial charge in [0.1, 0.15) is 5.82 Å². The van der Waals surface area contributed by atoms with E-state index in [9.17, 15) is 0 Å². The Hall–Kier alpha value is -1.17. The molecule has 1 rings (SSSR count). The topological polar surface area (TPSA) is 74.4 Å². The van der Waals surface area contributed by atoms with Crippen LogP contribution in [-0.4, -0.2) is 34.7 Å². The van der Waals surface area contributed by atoms with Gasteiger partial charge >= 0.3 is 0 Å². The molecule has 0 spiro atoms. The average Bonchev–Trinajstić information content (AvgIpc) is 2.29. The third-order valence-corrected chi connectivity index (χ3v) is 2.29. The molecular formula is C10H18N4O. The van der Waals surface area contributed by atoms with Gasteiger partial charge in [-0.1, -0.05) is 13.0 Å². The van der Waals surface area contributed by atoms with Gasteiger partial charge in [0, 0.05) is 24.8 Å². The molecule has 0 fully saturated rings. The largest absolute Gasteiger partial charge is 0.395 e. The SMILES string of the molecule is CCN(CCO)Cc1cccnc1NN. The lowest BCUT2D eigenvalue weighted by Crippen LogP contribution is -2.27. The van der Waals surface area contributed by atoms with E-state index >= 15 is 0 Å². The standard InChI is InChI=1S/C10H18N4O/c1-2-14(6-7-15)8-9-4-3-5-12-10(9)13-11/h3-5,15H,2,6-8,11H2,1H3,(H,12,13). The molecule has 1 aromatic rings. The zero-order chi connectivity index (χ0) is 11.1. The van der Waals surface area contributed by atoms with Crippen LogP contribution in [0.15, 0.2) is 18.3 Å². The van der Waals surface area contributed by atoms with Crippen molar-refractivity contribution in [3.63, 3.8) is 0 Å². The number of anilines is 1. The van der Waals surface area contributed by atoms with Crippen molar-refractivity contribution < 1.29 is 5.11 Å². The quantitative estimate of drug-likeness (QED) is 0.461. The minimum Gasteiger partial charge on any atom is -0.395 e. The first kappa shape index (κ1) is 11.9. The first-order valence-corrected chi connectivity index (χ1v) is 5.05. The molecule has 1 heterocycles. The van der Waals surface area contributed by atoms with Gasteiger partial charge in [-0.15, -0.1) is 0 Å². The first-order valence-electron chi connectivity index (χ1n) is 5.05. The summed E-state index contributed by atoms with van der Waals surface area (Å²) in [6.45, 7) is 4.51. The zero-order valence-corrected chi connectivity index (χ0v) is 8.98. The molecule has 0 unspecified atom stereocenters. The van der Waals surface area contributed by atoms with Gasteiger partial charge in [-0.3, -0.25) is 4.90 Å². The lowest BCUT2D eigenvalue weighted by Gasteiger charge is -2.20. The van der Waals surface area contributed by atoms with E-state index in [1.54, 1.807) is 6.20 Å². The highest BCUT2D eigenvalue weighted by atomic mass is 16.3. The Bertz CT molecular complexity index is 293. The second-order valence-corrected chi connectivity index (χ2v) is 3.25. The van der Waals surface area contributed by atoms with Gasteiger partial charge < -0.3 is 10.5 Å². The number of hydrogen-bond donors (Lipinski definition) is 3. The van der Waals surface area contributed by atoms with Crippen molar-refractivity contribution >= 4 is 5.82 Å². The molecule has 4 N–H and O–H groups in total. The summed E-state index contributed by atoms with van der Waals surface area (Å²) in [5.74, 6) is 6.05. The number of hydrogen-bond acceptors (Lipinski definition) is 5. The number of pyridine rings is 1. The van der Waals surface area contributed by atoms with Crippen LogP contribution in [0.25, 0.3) is 0 Å². The fraction of sp³-hybridized carbons (Fsp3) is 0.500. The lowest BCUT2D eigenvalue weighted by atomic mass is 10.2. The van der Waals surface area contributed by atoms with E-state index in [-0.39, 0.29) is 6.61 Å². The van der Waals surface area contributed by atoms with Crippen molar-refractivity contribution in [2.75, 3.05) is 25.1 Å². The summed E-state index contributed by atoms with van der Waals surface area (Å²) in [6.07, 6.45) is 1.70. The number of aliphatic hydroxyl groups excluding tert-OH is 1. The van der Waals surface area contributed by atoms with Crippen LogP contribution in [0.5, 0.6) is 0 Å². The van der Waals surface area contributed by atoms with E-state index in [0.717, 1.165) is 18.7 Å². The molecule has 0 atom stereocenters. The molecule has 0 saturated heterocycles. The molecule has 15 heavy (non-hydrogen) atoms. The second kappa shape index (κ2) is 6.34. The van der Waals surface area contributed by atoms with Crippen LogP contribution in [0.1, 0.15) is 12.5 Å². The first-order chi connectivity index (χ1) is 7.31. The lowest BCUT2D eigenvalue weighted by molar-refractivity contribution is 0.197. The number of aromatic nitrogens is 1. The van der Waals surface area contributed by atoms with Crippen molar-refractivity contribution in [2.24, 2.45) is 5.84 Å². The molecule has 0 aliphatic rings. The monoisotopic (exact) mass is 210 g/mol. The molecule has 1 aromatic heterocycles. The minimum atomic E-state index is 0.166. The normalized spacial score (nSPS) is 10.7. The highest BCUT2D eigenvalue weighted by Gasteiger charge is 2.06. The van der Waals surface area contributed by atoms with Crippen LogP contribution in [0.2, 0.25) is 0 Å². The Morgan fingerprint density at radius 2 is 2.40 bits per heavy atom. The van der Waals surface area contributed by atoms with Gasteiger partial charge in [0.15, 0.2) is 0 Å². The summed E-state index contributed by atoms with van der Waals surface area (Å²) in [6, 6.07) is 3.85. The Labute approximate surface area is 89.9 Å². The van der Waals surface area contributed by atoms with E-state index in [4.69, 9.17) is 10.9 Å². The third-order valence-electron chi connectivity index (χ3n) is 2.29. The number of nitrogen functional groups attached to an aromatic ring is 1. The molecular weight excluding hydrogens is 192 g/mol. The van der Waals surface area contributed by atoms with E-state index in [1.165, 1.54) is 0 Å². The van der Waals surface area contributed by atoms with Crippen LogP contribution in [-0.2, 0) is 6.54 Å². The molecule has 0 aliphatic carbocycles. The third kappa shape index (κ3) is 3.47. The maximum Gasteiger partial charge on any atom is 0.144 e. The number of nitrogens with one attached hydrogen (secondary N) is 1. The van der Waals surface area contributed by atoms with Crippen LogP contribution < -0.4 is 11.3 Å². The molecule has 84 valence electrons. The van der Waals surface area contributed by atoms with Crippen molar-refractivity contribution in [1.29, 1.82) is 0 Å². The molecule has 0 bridgehead atoms. The molecule has 0 radical (unpaired) electrons. The van der Waals surface area contributed by atoms with Crippen LogP contribution >= 0.6 is 0 Å². The number of rotatable bonds is 6. The summed E-state index contributed by atoms with van der Waals surface area (Å²) >= 11 is 0. The van der Waals surface area contributed by atoms with Crippen LogP contribution in [0.3, 0.4) is 0 Å². The van der Waals surface area contributed by atoms with Gasteiger partial charge in [0.25, 0.3) is 0 Å². The van der Waals surface area contributed by atoms with E-state index in [0.29, 0.717) is 12.4 Å². The van der Waals surface area contributed by atoms with E-state index < -0.39 is 0 Å². The molecule has 5 nitrogen and oxygen atoms in total. The minimum absolute atomic E-state index is 0.166. The summed E-state index contributed by atoms with van der Waals surface area (Å²) in [7, 11) is 0. The molecule has 5 heteroatoms. The molecule has 0 amide bonds.